The number of hydrogen-bond donors (Lipinski definition) is 4. The first-order chi connectivity index (χ1) is 10.9. The van der Waals surface area contributed by atoms with Crippen LogP contribution in [0.1, 0.15) is 30.5 Å². The molecule has 0 unspecified atom stereocenters. The Morgan fingerprint density at radius 3 is 2.26 bits per heavy atom. The van der Waals surface area contributed by atoms with Crippen molar-refractivity contribution in [3.8, 4) is 23.0 Å². The monoisotopic (exact) mass is 314 g/mol. The number of rotatable bonds is 5. The summed E-state index contributed by atoms with van der Waals surface area (Å²) >= 11 is 0. The Labute approximate surface area is 136 Å². The molecule has 4 heteroatoms. The van der Waals surface area contributed by atoms with Gasteiger partial charge in [0, 0.05) is 11.6 Å². The standard InChI is InChI=1S/C19H22O4/c1-12(2)3-7-16-14(10-15(20)11-18(16)22)6-4-13-5-8-17(21)19(23)9-13/h3,5,8-11,20-23H,4,6-7H2,1-2H3. The van der Waals surface area contributed by atoms with Gasteiger partial charge < -0.3 is 20.4 Å². The van der Waals surface area contributed by atoms with Crippen molar-refractivity contribution in [3.63, 3.8) is 0 Å². The van der Waals surface area contributed by atoms with Gasteiger partial charge in [-0.05, 0) is 62.4 Å². The topological polar surface area (TPSA) is 80.9 Å². The lowest BCUT2D eigenvalue weighted by Gasteiger charge is -2.12. The Balaban J connectivity index is 2.23. The molecule has 122 valence electrons. The fraction of sp³-hybridized carbons (Fsp3) is 0.263. The van der Waals surface area contributed by atoms with Crippen LogP contribution in [0.15, 0.2) is 42.0 Å². The van der Waals surface area contributed by atoms with Crippen LogP contribution in [0.5, 0.6) is 23.0 Å². The van der Waals surface area contributed by atoms with E-state index >= 15 is 0 Å². The second-order valence-electron chi connectivity index (χ2n) is 5.91. The molecule has 0 aliphatic heterocycles. The first kappa shape index (κ1) is 16.7. The fourth-order valence-electron chi connectivity index (χ4n) is 2.47. The van der Waals surface area contributed by atoms with Crippen LogP contribution in [-0.2, 0) is 19.3 Å². The third-order valence-corrected chi connectivity index (χ3v) is 3.74. The number of aromatic hydroxyl groups is 4. The van der Waals surface area contributed by atoms with Gasteiger partial charge in [0.2, 0.25) is 0 Å². The van der Waals surface area contributed by atoms with Crippen molar-refractivity contribution in [1.82, 2.24) is 0 Å². The van der Waals surface area contributed by atoms with Gasteiger partial charge in [-0.1, -0.05) is 17.7 Å². The van der Waals surface area contributed by atoms with E-state index < -0.39 is 0 Å². The van der Waals surface area contributed by atoms with Gasteiger partial charge >= 0.3 is 0 Å². The fourth-order valence-corrected chi connectivity index (χ4v) is 2.47. The summed E-state index contributed by atoms with van der Waals surface area (Å²) in [5, 5.41) is 38.7. The van der Waals surface area contributed by atoms with Crippen molar-refractivity contribution >= 4 is 0 Å². The maximum atomic E-state index is 10.1. The maximum absolute atomic E-state index is 10.1. The van der Waals surface area contributed by atoms with Crippen LogP contribution in [0.3, 0.4) is 0 Å². The Hall–Kier alpha value is -2.62. The van der Waals surface area contributed by atoms with E-state index in [1.54, 1.807) is 12.1 Å². The summed E-state index contributed by atoms with van der Waals surface area (Å²) in [5.74, 6) is -0.169. The molecule has 0 amide bonds. The molecule has 0 heterocycles. The molecule has 0 aliphatic rings. The minimum absolute atomic E-state index is 0.0343. The van der Waals surface area contributed by atoms with Gasteiger partial charge in [-0.15, -0.1) is 0 Å². The van der Waals surface area contributed by atoms with E-state index in [4.69, 9.17) is 0 Å². The Morgan fingerprint density at radius 1 is 0.870 bits per heavy atom. The molecule has 0 spiro atoms. The number of aryl methyl sites for hydroxylation is 2. The van der Waals surface area contributed by atoms with E-state index in [9.17, 15) is 20.4 Å². The third kappa shape index (κ3) is 4.42. The predicted molar refractivity (Wildman–Crippen MR) is 90.1 cm³/mol. The highest BCUT2D eigenvalue weighted by Gasteiger charge is 2.10. The van der Waals surface area contributed by atoms with Crippen LogP contribution in [0.4, 0.5) is 0 Å². The van der Waals surface area contributed by atoms with Gasteiger partial charge in [0.15, 0.2) is 11.5 Å². The van der Waals surface area contributed by atoms with Crippen LogP contribution in [0.25, 0.3) is 0 Å². The third-order valence-electron chi connectivity index (χ3n) is 3.74. The van der Waals surface area contributed by atoms with Crippen molar-refractivity contribution in [2.45, 2.75) is 33.1 Å². The minimum Gasteiger partial charge on any atom is -0.508 e. The molecule has 0 radical (unpaired) electrons. The van der Waals surface area contributed by atoms with Crippen molar-refractivity contribution in [3.05, 3.63) is 58.7 Å². The number of benzene rings is 2. The average molecular weight is 314 g/mol. The molecule has 2 rings (SSSR count). The highest BCUT2D eigenvalue weighted by molar-refractivity contribution is 5.47. The van der Waals surface area contributed by atoms with Crippen molar-refractivity contribution < 1.29 is 20.4 Å². The molecule has 23 heavy (non-hydrogen) atoms. The molecular formula is C19H22O4. The molecular weight excluding hydrogens is 292 g/mol. The van der Waals surface area contributed by atoms with Gasteiger partial charge in [-0.2, -0.15) is 0 Å². The number of phenolic OH excluding ortho intramolecular Hbond substituents is 4. The molecule has 0 bridgehead atoms. The maximum Gasteiger partial charge on any atom is 0.157 e. The van der Waals surface area contributed by atoms with Crippen molar-refractivity contribution in [2.24, 2.45) is 0 Å². The van der Waals surface area contributed by atoms with Crippen molar-refractivity contribution in [2.75, 3.05) is 0 Å². The largest absolute Gasteiger partial charge is 0.508 e. The molecule has 0 aromatic heterocycles. The summed E-state index contributed by atoms with van der Waals surface area (Å²) < 4.78 is 0. The lowest BCUT2D eigenvalue weighted by molar-refractivity contribution is 0.403. The van der Waals surface area contributed by atoms with Gasteiger partial charge in [0.25, 0.3) is 0 Å². The number of phenols is 4. The molecule has 2 aromatic rings. The highest BCUT2D eigenvalue weighted by Crippen LogP contribution is 2.30. The van der Waals surface area contributed by atoms with E-state index in [-0.39, 0.29) is 23.0 Å². The molecule has 0 atom stereocenters. The van der Waals surface area contributed by atoms with E-state index in [1.807, 2.05) is 19.9 Å². The Morgan fingerprint density at radius 2 is 1.61 bits per heavy atom. The Kier molecular flexibility index (Phi) is 5.16. The van der Waals surface area contributed by atoms with Crippen LogP contribution in [0, 0.1) is 0 Å². The minimum atomic E-state index is -0.147. The van der Waals surface area contributed by atoms with Crippen LogP contribution in [-0.4, -0.2) is 20.4 Å². The zero-order valence-corrected chi connectivity index (χ0v) is 13.4. The number of allylic oxidation sites excluding steroid dienone is 2. The lowest BCUT2D eigenvalue weighted by atomic mass is 9.96. The van der Waals surface area contributed by atoms with Crippen LogP contribution >= 0.6 is 0 Å². The normalized spacial score (nSPS) is 10.5. The first-order valence-electron chi connectivity index (χ1n) is 7.54. The van der Waals surface area contributed by atoms with E-state index in [2.05, 4.69) is 0 Å². The zero-order chi connectivity index (χ0) is 17.0. The quantitative estimate of drug-likeness (QED) is 0.500. The summed E-state index contributed by atoms with van der Waals surface area (Å²) in [6.45, 7) is 3.99. The molecule has 0 saturated heterocycles. The predicted octanol–water partition coefficient (Wildman–Crippen LogP) is 3.80. The molecule has 0 fully saturated rings. The lowest BCUT2D eigenvalue weighted by Crippen LogP contribution is -1.98. The molecule has 4 N–H and O–H groups in total. The average Bonchev–Trinajstić information content (AvgIpc) is 2.47. The summed E-state index contributed by atoms with van der Waals surface area (Å²) in [4.78, 5) is 0. The zero-order valence-electron chi connectivity index (χ0n) is 13.4. The number of hydrogen-bond acceptors (Lipinski definition) is 4. The molecule has 0 aliphatic carbocycles. The van der Waals surface area contributed by atoms with Gasteiger partial charge in [-0.3, -0.25) is 0 Å². The second-order valence-corrected chi connectivity index (χ2v) is 5.91. The highest BCUT2D eigenvalue weighted by atomic mass is 16.3. The van der Waals surface area contributed by atoms with Gasteiger partial charge in [0.1, 0.15) is 11.5 Å². The molecule has 2 aromatic carbocycles. The van der Waals surface area contributed by atoms with Crippen LogP contribution in [0.2, 0.25) is 0 Å². The molecule has 0 saturated carbocycles. The molecule has 4 nitrogen and oxygen atoms in total. The second kappa shape index (κ2) is 7.09. The van der Waals surface area contributed by atoms with E-state index in [0.29, 0.717) is 19.3 Å². The van der Waals surface area contributed by atoms with E-state index in [0.717, 1.165) is 22.3 Å². The van der Waals surface area contributed by atoms with Crippen molar-refractivity contribution in [1.29, 1.82) is 0 Å². The first-order valence-corrected chi connectivity index (χ1v) is 7.54. The van der Waals surface area contributed by atoms with Gasteiger partial charge in [-0.25, -0.2) is 0 Å². The summed E-state index contributed by atoms with van der Waals surface area (Å²) in [6, 6.07) is 7.73. The summed E-state index contributed by atoms with van der Waals surface area (Å²) in [6.07, 6.45) is 3.86. The summed E-state index contributed by atoms with van der Waals surface area (Å²) in [5.41, 5.74) is 3.70. The smallest absolute Gasteiger partial charge is 0.157 e. The Bertz CT molecular complexity index is 728. The SMILES string of the molecule is CC(C)=CCc1c(O)cc(O)cc1CCc1ccc(O)c(O)c1. The van der Waals surface area contributed by atoms with Crippen LogP contribution < -0.4 is 0 Å². The summed E-state index contributed by atoms with van der Waals surface area (Å²) in [7, 11) is 0. The van der Waals surface area contributed by atoms with E-state index in [1.165, 1.54) is 18.2 Å². The van der Waals surface area contributed by atoms with Gasteiger partial charge in [0.05, 0.1) is 0 Å².